The molecule has 6 nitrogen and oxygen atoms in total. The molecule has 0 fully saturated rings. The minimum atomic E-state index is -0.169. The Labute approximate surface area is 109 Å². The van der Waals surface area contributed by atoms with Crippen LogP contribution in [0.5, 0.6) is 0 Å². The third-order valence-corrected chi connectivity index (χ3v) is 2.76. The lowest BCUT2D eigenvalue weighted by Crippen LogP contribution is -2.15. The van der Waals surface area contributed by atoms with Crippen molar-refractivity contribution in [1.82, 2.24) is 14.9 Å². The van der Waals surface area contributed by atoms with Gasteiger partial charge in [-0.15, -0.1) is 0 Å². The fourth-order valence-electron chi connectivity index (χ4n) is 1.89. The van der Waals surface area contributed by atoms with Crippen LogP contribution in [-0.2, 0) is 18.3 Å². The molecule has 0 aliphatic carbocycles. The van der Waals surface area contributed by atoms with Gasteiger partial charge >= 0.3 is 0 Å². The molecule has 2 aromatic heterocycles. The maximum atomic E-state index is 11.9. The molecule has 0 unspecified atom stereocenters. The van der Waals surface area contributed by atoms with Crippen LogP contribution in [-0.4, -0.2) is 20.8 Å². The summed E-state index contributed by atoms with van der Waals surface area (Å²) < 4.78 is 6.78. The van der Waals surface area contributed by atoms with E-state index in [4.69, 9.17) is 4.52 Å². The zero-order chi connectivity index (χ0) is 13.2. The van der Waals surface area contributed by atoms with Crippen molar-refractivity contribution in [3.63, 3.8) is 0 Å². The van der Waals surface area contributed by atoms with Crippen molar-refractivity contribution >= 4 is 22.7 Å². The van der Waals surface area contributed by atoms with E-state index in [1.165, 1.54) is 0 Å². The van der Waals surface area contributed by atoms with Gasteiger partial charge in [-0.25, -0.2) is 0 Å². The normalized spacial score (nSPS) is 10.8. The van der Waals surface area contributed by atoms with Crippen LogP contribution in [0.1, 0.15) is 5.69 Å². The lowest BCUT2D eigenvalue weighted by Gasteiger charge is -1.99. The van der Waals surface area contributed by atoms with Gasteiger partial charge in [-0.2, -0.15) is 5.10 Å². The number of fused-ring (bicyclic) bond motifs is 1. The van der Waals surface area contributed by atoms with Crippen molar-refractivity contribution in [3.8, 4) is 0 Å². The zero-order valence-electron chi connectivity index (χ0n) is 10.3. The van der Waals surface area contributed by atoms with E-state index in [9.17, 15) is 4.79 Å². The van der Waals surface area contributed by atoms with Crippen molar-refractivity contribution in [2.45, 2.75) is 6.42 Å². The summed E-state index contributed by atoms with van der Waals surface area (Å²) in [4.78, 5) is 11.9. The monoisotopic (exact) mass is 256 g/mol. The summed E-state index contributed by atoms with van der Waals surface area (Å²) in [6.45, 7) is 0. The molecule has 0 saturated heterocycles. The van der Waals surface area contributed by atoms with Gasteiger partial charge in [-0.05, 0) is 12.1 Å². The molecule has 1 aromatic carbocycles. The molecule has 19 heavy (non-hydrogen) atoms. The highest BCUT2D eigenvalue weighted by Gasteiger charge is 2.12. The second kappa shape index (κ2) is 4.56. The Morgan fingerprint density at radius 3 is 3.00 bits per heavy atom. The topological polar surface area (TPSA) is 73.0 Å². The van der Waals surface area contributed by atoms with Crippen LogP contribution in [0.2, 0.25) is 0 Å². The quantitative estimate of drug-likeness (QED) is 0.774. The van der Waals surface area contributed by atoms with Crippen LogP contribution in [0, 0.1) is 0 Å². The van der Waals surface area contributed by atoms with Crippen molar-refractivity contribution < 1.29 is 9.32 Å². The predicted molar refractivity (Wildman–Crippen MR) is 69.6 cm³/mol. The minimum Gasteiger partial charge on any atom is -0.356 e. The summed E-state index contributed by atoms with van der Waals surface area (Å²) in [5.41, 5.74) is 1.31. The molecular weight excluding hydrogens is 244 g/mol. The molecule has 0 spiro atoms. The van der Waals surface area contributed by atoms with Crippen LogP contribution in [0.15, 0.2) is 41.1 Å². The van der Waals surface area contributed by atoms with E-state index < -0.39 is 0 Å². The summed E-state index contributed by atoms with van der Waals surface area (Å²) >= 11 is 0. The molecule has 6 heteroatoms. The van der Waals surface area contributed by atoms with E-state index in [2.05, 4.69) is 15.6 Å². The number of anilines is 1. The first kappa shape index (κ1) is 11.5. The number of benzene rings is 1. The van der Waals surface area contributed by atoms with Gasteiger partial charge in [-0.3, -0.25) is 9.48 Å². The third kappa shape index (κ3) is 2.33. The lowest BCUT2D eigenvalue weighted by atomic mass is 10.1. The van der Waals surface area contributed by atoms with Crippen molar-refractivity contribution in [1.29, 1.82) is 0 Å². The van der Waals surface area contributed by atoms with E-state index in [1.54, 1.807) is 24.0 Å². The average molecular weight is 256 g/mol. The van der Waals surface area contributed by atoms with E-state index in [0.717, 1.165) is 5.39 Å². The maximum Gasteiger partial charge on any atom is 0.231 e. The molecule has 0 bridgehead atoms. The van der Waals surface area contributed by atoms with Gasteiger partial charge in [0.05, 0.1) is 6.42 Å². The zero-order valence-corrected chi connectivity index (χ0v) is 10.3. The second-order valence-electron chi connectivity index (χ2n) is 4.23. The Hall–Kier alpha value is -2.63. The molecule has 0 aliphatic rings. The van der Waals surface area contributed by atoms with E-state index in [0.29, 0.717) is 17.1 Å². The number of nitrogens with zero attached hydrogens (tertiary/aromatic N) is 3. The molecule has 3 rings (SSSR count). The van der Waals surface area contributed by atoms with Gasteiger partial charge in [-0.1, -0.05) is 17.3 Å². The Morgan fingerprint density at radius 1 is 1.37 bits per heavy atom. The molecule has 1 N–H and O–H groups in total. The molecule has 0 radical (unpaired) electrons. The Morgan fingerprint density at radius 2 is 2.21 bits per heavy atom. The molecule has 96 valence electrons. The van der Waals surface area contributed by atoms with Gasteiger partial charge < -0.3 is 9.84 Å². The molecule has 3 aromatic rings. The van der Waals surface area contributed by atoms with Crippen LogP contribution in [0.25, 0.3) is 11.0 Å². The van der Waals surface area contributed by atoms with Gasteiger partial charge in [0.25, 0.3) is 0 Å². The molecule has 1 amide bonds. The number of amides is 1. The molecule has 2 heterocycles. The summed E-state index contributed by atoms with van der Waals surface area (Å²) in [5, 5.41) is 11.6. The highest BCUT2D eigenvalue weighted by molar-refractivity contribution is 5.93. The number of carbonyl (C=O) groups is 1. The number of aryl methyl sites for hydroxylation is 1. The Bertz CT molecular complexity index is 729. The summed E-state index contributed by atoms with van der Waals surface area (Å²) in [7, 11) is 1.79. The molecule has 0 aliphatic heterocycles. The number of hydrogen-bond donors (Lipinski definition) is 1. The molecular formula is C13H12N4O2. The van der Waals surface area contributed by atoms with Crippen molar-refractivity contribution in [2.24, 2.45) is 7.05 Å². The first-order valence-electron chi connectivity index (χ1n) is 5.85. The minimum absolute atomic E-state index is 0.160. The number of aromatic nitrogens is 3. The number of carbonyl (C=O) groups excluding carboxylic acids is 1. The summed E-state index contributed by atoms with van der Waals surface area (Å²) in [5.74, 6) is 0.359. The van der Waals surface area contributed by atoms with E-state index >= 15 is 0 Å². The largest absolute Gasteiger partial charge is 0.356 e. The summed E-state index contributed by atoms with van der Waals surface area (Å²) in [6, 6.07) is 9.20. The van der Waals surface area contributed by atoms with E-state index in [1.807, 2.05) is 24.3 Å². The van der Waals surface area contributed by atoms with Gasteiger partial charge in [0.1, 0.15) is 5.69 Å². The van der Waals surface area contributed by atoms with Gasteiger partial charge in [0.2, 0.25) is 5.91 Å². The second-order valence-corrected chi connectivity index (χ2v) is 4.23. The van der Waals surface area contributed by atoms with Crippen LogP contribution in [0.3, 0.4) is 0 Å². The lowest BCUT2D eigenvalue weighted by molar-refractivity contribution is -0.115. The predicted octanol–water partition coefficient (Wildman–Crippen LogP) is 1.74. The SMILES string of the molecule is Cn1ccc(NC(=O)Cc2noc3ccccc23)n1. The Balaban J connectivity index is 1.76. The Kier molecular flexibility index (Phi) is 2.75. The van der Waals surface area contributed by atoms with Crippen LogP contribution < -0.4 is 5.32 Å². The number of para-hydroxylation sites is 1. The van der Waals surface area contributed by atoms with Crippen molar-refractivity contribution in [3.05, 3.63) is 42.2 Å². The smallest absolute Gasteiger partial charge is 0.231 e. The molecule has 0 saturated carbocycles. The fraction of sp³-hybridized carbons (Fsp3) is 0.154. The van der Waals surface area contributed by atoms with E-state index in [-0.39, 0.29) is 12.3 Å². The van der Waals surface area contributed by atoms with Crippen molar-refractivity contribution in [2.75, 3.05) is 5.32 Å². The van der Waals surface area contributed by atoms with Crippen LogP contribution >= 0.6 is 0 Å². The highest BCUT2D eigenvalue weighted by Crippen LogP contribution is 2.18. The summed E-state index contributed by atoms with van der Waals surface area (Å²) in [6.07, 6.45) is 1.93. The first-order chi connectivity index (χ1) is 9.22. The average Bonchev–Trinajstić information content (AvgIpc) is 2.97. The highest BCUT2D eigenvalue weighted by atomic mass is 16.5. The number of hydrogen-bond acceptors (Lipinski definition) is 4. The van der Waals surface area contributed by atoms with Gasteiger partial charge in [0.15, 0.2) is 11.4 Å². The van der Waals surface area contributed by atoms with Crippen LogP contribution in [0.4, 0.5) is 5.82 Å². The number of nitrogens with one attached hydrogen (secondary N) is 1. The molecule has 0 atom stereocenters. The maximum absolute atomic E-state index is 11.9. The standard InChI is InChI=1S/C13H12N4O2/c1-17-7-6-12(15-17)14-13(18)8-10-9-4-2-3-5-11(9)19-16-10/h2-7H,8H2,1H3,(H,14,15,18). The van der Waals surface area contributed by atoms with Gasteiger partial charge in [0, 0.05) is 24.7 Å². The number of rotatable bonds is 3. The first-order valence-corrected chi connectivity index (χ1v) is 5.85. The third-order valence-electron chi connectivity index (χ3n) is 2.76. The fourth-order valence-corrected chi connectivity index (χ4v) is 1.89.